The number of aromatic carboxylic acids is 4. The number of hydrogen-bond acceptors (Lipinski definition) is 10. The Bertz CT molecular complexity index is 1560. The van der Waals surface area contributed by atoms with Crippen LogP contribution in [0.5, 0.6) is 0 Å². The summed E-state index contributed by atoms with van der Waals surface area (Å²) in [5.74, 6) is -10.5. The quantitative estimate of drug-likeness (QED) is 0.271. The number of ether oxygens (including phenoxy) is 2. The lowest BCUT2D eigenvalue weighted by molar-refractivity contribution is 0.0334. The molecule has 4 N–H and O–H groups in total. The third-order valence-corrected chi connectivity index (χ3v) is 5.70. The average molecular weight is 548 g/mol. The predicted molar refractivity (Wildman–Crippen MR) is 126 cm³/mol. The molecule has 5 rings (SSSR count). The first-order valence-corrected chi connectivity index (χ1v) is 10.7. The standard InChI is InChI=1S/C16H6O6.C10H6O8/c17-13-9-3-1-7-5-11(9)15(19)22-16(20)12-6-8(7)2-4-10(12)14(18)21-13;11-7(12)3-1-4(8(13)14)6(10(17)18)2-5(3)9(15)16/h1-6H;1-2H,(H,11,12)(H,13,14)(H,15,16)(H,17,18). The first-order chi connectivity index (χ1) is 18.8. The topological polar surface area (TPSA) is 236 Å². The molecular weight excluding hydrogens is 536 g/mol. The van der Waals surface area contributed by atoms with Gasteiger partial charge in [0, 0.05) is 0 Å². The summed E-state index contributed by atoms with van der Waals surface area (Å²) in [5, 5.41) is 35.0. The minimum atomic E-state index is -1.66. The smallest absolute Gasteiger partial charge is 0.346 e. The van der Waals surface area contributed by atoms with Crippen molar-refractivity contribution in [2.75, 3.05) is 0 Å². The number of carboxylic acid groups (broad SMARTS) is 4. The Morgan fingerprint density at radius 1 is 0.425 bits per heavy atom. The summed E-state index contributed by atoms with van der Waals surface area (Å²) >= 11 is 0. The van der Waals surface area contributed by atoms with Gasteiger partial charge in [-0.1, -0.05) is 12.1 Å². The second-order valence-electron chi connectivity index (χ2n) is 8.04. The summed E-state index contributed by atoms with van der Waals surface area (Å²) in [5.41, 5.74) is -2.38. The zero-order chi connectivity index (χ0) is 29.5. The molecule has 0 radical (unpaired) electrons. The molecule has 4 bridgehead atoms. The largest absolute Gasteiger partial charge is 0.478 e. The maximum absolute atomic E-state index is 12.1. The van der Waals surface area contributed by atoms with Crippen LogP contribution in [0.25, 0.3) is 11.1 Å². The van der Waals surface area contributed by atoms with Gasteiger partial charge in [-0.05, 0) is 47.5 Å². The van der Waals surface area contributed by atoms with E-state index in [1.165, 1.54) is 24.3 Å². The van der Waals surface area contributed by atoms with Gasteiger partial charge in [0.25, 0.3) is 0 Å². The predicted octanol–water partition coefficient (Wildman–Crippen LogP) is 2.45. The monoisotopic (exact) mass is 548 g/mol. The number of rotatable bonds is 4. The van der Waals surface area contributed by atoms with Crippen LogP contribution in [0.4, 0.5) is 0 Å². The minimum Gasteiger partial charge on any atom is -0.478 e. The van der Waals surface area contributed by atoms with E-state index in [-0.39, 0.29) is 22.3 Å². The lowest BCUT2D eigenvalue weighted by Gasteiger charge is -2.11. The third kappa shape index (κ3) is 4.74. The Hall–Kier alpha value is -6.18. The van der Waals surface area contributed by atoms with Gasteiger partial charge in [0.2, 0.25) is 0 Å². The van der Waals surface area contributed by atoms with E-state index in [9.17, 15) is 38.4 Å². The first kappa shape index (κ1) is 26.9. The fraction of sp³-hybridized carbons (Fsp3) is 0. The third-order valence-electron chi connectivity index (χ3n) is 5.70. The normalized spacial score (nSPS) is 12.9. The molecule has 0 unspecified atom stereocenters. The second-order valence-corrected chi connectivity index (χ2v) is 8.04. The molecule has 2 heterocycles. The fourth-order valence-corrected chi connectivity index (χ4v) is 3.84. The number of fused-ring (bicyclic) bond motifs is 5. The summed E-state index contributed by atoms with van der Waals surface area (Å²) in [7, 11) is 0. The minimum absolute atomic E-state index is 0.116. The molecule has 2 aliphatic rings. The first-order valence-electron chi connectivity index (χ1n) is 10.7. The molecular formula is C26H12O14. The van der Waals surface area contributed by atoms with Crippen LogP contribution in [-0.2, 0) is 9.47 Å². The Labute approximate surface area is 220 Å². The lowest BCUT2D eigenvalue weighted by Crippen LogP contribution is -2.23. The molecule has 0 spiro atoms. The Morgan fingerprint density at radius 3 is 0.975 bits per heavy atom. The highest BCUT2D eigenvalue weighted by Crippen LogP contribution is 2.30. The van der Waals surface area contributed by atoms with Gasteiger partial charge in [0.05, 0.1) is 44.5 Å². The van der Waals surface area contributed by atoms with Crippen molar-refractivity contribution in [1.82, 2.24) is 0 Å². The summed E-state index contributed by atoms with van der Waals surface area (Å²) in [4.78, 5) is 91.5. The number of carbonyl (C=O) groups excluding carboxylic acids is 4. The number of esters is 4. The van der Waals surface area contributed by atoms with Crippen molar-refractivity contribution < 1.29 is 68.3 Å². The molecule has 0 saturated heterocycles. The van der Waals surface area contributed by atoms with Gasteiger partial charge in [0.1, 0.15) is 0 Å². The highest BCUT2D eigenvalue weighted by Gasteiger charge is 2.32. The van der Waals surface area contributed by atoms with E-state index >= 15 is 0 Å². The van der Waals surface area contributed by atoms with Crippen LogP contribution in [0.2, 0.25) is 0 Å². The highest BCUT2D eigenvalue weighted by atomic mass is 16.6. The molecule has 0 atom stereocenters. The van der Waals surface area contributed by atoms with E-state index in [0.717, 1.165) is 0 Å². The highest BCUT2D eigenvalue weighted by molar-refractivity contribution is 6.16. The van der Waals surface area contributed by atoms with Crippen molar-refractivity contribution >= 4 is 47.8 Å². The maximum Gasteiger partial charge on any atom is 0.346 e. The molecule has 0 aromatic heterocycles. The van der Waals surface area contributed by atoms with E-state index in [4.69, 9.17) is 29.9 Å². The van der Waals surface area contributed by atoms with Crippen LogP contribution in [0, 0.1) is 0 Å². The van der Waals surface area contributed by atoms with Gasteiger partial charge in [-0.25, -0.2) is 38.4 Å². The van der Waals surface area contributed by atoms with Crippen molar-refractivity contribution in [1.29, 1.82) is 0 Å². The summed E-state index contributed by atoms with van der Waals surface area (Å²) in [6.07, 6.45) is 0. The molecule has 14 nitrogen and oxygen atoms in total. The summed E-state index contributed by atoms with van der Waals surface area (Å²) in [6, 6.07) is 9.85. The zero-order valence-electron chi connectivity index (χ0n) is 19.5. The van der Waals surface area contributed by atoms with E-state index in [1.54, 1.807) is 12.1 Å². The zero-order valence-corrected chi connectivity index (χ0v) is 19.5. The lowest BCUT2D eigenvalue weighted by atomic mass is 9.97. The number of carboxylic acids is 4. The second kappa shape index (κ2) is 9.94. The van der Waals surface area contributed by atoms with Gasteiger partial charge in [-0.3, -0.25) is 0 Å². The SMILES string of the molecule is O=C(O)c1cc(C(=O)O)c(C(=O)O)cc1C(=O)O.O=C1OC(=O)c2ccc3cc2C(=O)OC(=O)c2cc-3ccc21. The molecule has 0 amide bonds. The Kier molecular flexibility index (Phi) is 6.68. The molecule has 40 heavy (non-hydrogen) atoms. The van der Waals surface area contributed by atoms with E-state index in [2.05, 4.69) is 0 Å². The number of carbonyl (C=O) groups is 8. The molecule has 14 heteroatoms. The van der Waals surface area contributed by atoms with Crippen LogP contribution in [-0.4, -0.2) is 68.2 Å². The van der Waals surface area contributed by atoms with Crippen LogP contribution in [0.15, 0.2) is 48.5 Å². The average Bonchev–Trinajstić information content (AvgIpc) is 2.93. The van der Waals surface area contributed by atoms with E-state index in [1.807, 2.05) is 0 Å². The van der Waals surface area contributed by atoms with E-state index in [0.29, 0.717) is 23.3 Å². The number of benzene rings is 3. The molecule has 3 aromatic rings. The van der Waals surface area contributed by atoms with Gasteiger partial charge in [-0.2, -0.15) is 0 Å². The van der Waals surface area contributed by atoms with Gasteiger partial charge in [-0.15, -0.1) is 0 Å². The van der Waals surface area contributed by atoms with Gasteiger partial charge in [0.15, 0.2) is 0 Å². The van der Waals surface area contributed by atoms with Crippen LogP contribution < -0.4 is 0 Å². The van der Waals surface area contributed by atoms with Crippen LogP contribution >= 0.6 is 0 Å². The fourth-order valence-electron chi connectivity index (χ4n) is 3.84. The van der Waals surface area contributed by atoms with E-state index < -0.39 is 70.0 Å². The van der Waals surface area contributed by atoms with Crippen molar-refractivity contribution in [2.24, 2.45) is 0 Å². The summed E-state index contributed by atoms with van der Waals surface area (Å²) in [6.45, 7) is 0. The Morgan fingerprint density at radius 2 is 0.700 bits per heavy atom. The molecule has 0 aliphatic carbocycles. The van der Waals surface area contributed by atoms with Gasteiger partial charge < -0.3 is 29.9 Å². The van der Waals surface area contributed by atoms with Gasteiger partial charge >= 0.3 is 47.8 Å². The van der Waals surface area contributed by atoms with Crippen molar-refractivity contribution in [3.05, 3.63) is 93.0 Å². The maximum atomic E-state index is 12.1. The van der Waals surface area contributed by atoms with Crippen LogP contribution in [0.3, 0.4) is 0 Å². The molecule has 2 aliphatic heterocycles. The number of hydrogen-bond donors (Lipinski definition) is 4. The number of cyclic esters (lactones) is 2. The molecule has 0 fully saturated rings. The van der Waals surface area contributed by atoms with Crippen molar-refractivity contribution in [3.8, 4) is 11.1 Å². The van der Waals surface area contributed by atoms with Crippen LogP contribution in [0.1, 0.15) is 82.9 Å². The van der Waals surface area contributed by atoms with Crippen molar-refractivity contribution in [2.45, 2.75) is 0 Å². The Balaban J connectivity index is 0.000000190. The van der Waals surface area contributed by atoms with Crippen molar-refractivity contribution in [3.63, 3.8) is 0 Å². The molecule has 0 saturated carbocycles. The molecule has 3 aromatic carbocycles. The summed E-state index contributed by atoms with van der Waals surface area (Å²) < 4.78 is 9.52. The molecule has 200 valence electrons.